The first-order valence-electron chi connectivity index (χ1n) is 9.47. The summed E-state index contributed by atoms with van der Waals surface area (Å²) < 4.78 is 0. The SMILES string of the molecule is Cc1ccccc1NC(=O)CSC1=Nc2ccccc2N=C(c2ccccc2)C1. The molecule has 0 aromatic heterocycles. The van der Waals surface area contributed by atoms with Crippen LogP contribution in [0.5, 0.6) is 0 Å². The quantitative estimate of drug-likeness (QED) is 0.592. The molecular weight excluding hydrogens is 378 g/mol. The van der Waals surface area contributed by atoms with Crippen molar-refractivity contribution in [2.75, 3.05) is 11.1 Å². The van der Waals surface area contributed by atoms with Crippen LogP contribution in [-0.4, -0.2) is 22.4 Å². The predicted octanol–water partition coefficient (Wildman–Crippen LogP) is 5.92. The molecule has 0 unspecified atom stereocenters. The molecule has 3 aromatic carbocycles. The minimum absolute atomic E-state index is 0.0391. The van der Waals surface area contributed by atoms with Crippen molar-refractivity contribution in [3.63, 3.8) is 0 Å². The smallest absolute Gasteiger partial charge is 0.234 e. The van der Waals surface area contributed by atoms with Crippen molar-refractivity contribution in [2.24, 2.45) is 9.98 Å². The summed E-state index contributed by atoms with van der Waals surface area (Å²) in [4.78, 5) is 22.1. The lowest BCUT2D eigenvalue weighted by Gasteiger charge is -2.09. The average Bonchev–Trinajstić information content (AvgIpc) is 2.94. The molecule has 0 bridgehead atoms. The highest BCUT2D eigenvalue weighted by molar-refractivity contribution is 8.14. The van der Waals surface area contributed by atoms with Crippen molar-refractivity contribution in [3.8, 4) is 0 Å². The standard InChI is InChI=1S/C24H21N3OS/c1-17-9-5-6-12-19(17)26-23(28)16-29-24-15-22(18-10-3-2-4-11-18)25-20-13-7-8-14-21(20)27-24/h2-14H,15-16H2,1H3,(H,26,28). The maximum absolute atomic E-state index is 12.5. The highest BCUT2D eigenvalue weighted by atomic mass is 32.2. The normalized spacial score (nSPS) is 13.0. The molecule has 4 nitrogen and oxygen atoms in total. The summed E-state index contributed by atoms with van der Waals surface area (Å²) in [5.74, 6) is 0.264. The van der Waals surface area contributed by atoms with E-state index in [4.69, 9.17) is 9.98 Å². The van der Waals surface area contributed by atoms with Crippen LogP contribution in [0.25, 0.3) is 0 Å². The Morgan fingerprint density at radius 2 is 1.55 bits per heavy atom. The number of nitrogens with one attached hydrogen (secondary N) is 1. The second-order valence-corrected chi connectivity index (χ2v) is 7.80. The maximum atomic E-state index is 12.5. The van der Waals surface area contributed by atoms with Gasteiger partial charge in [0.25, 0.3) is 0 Å². The van der Waals surface area contributed by atoms with Crippen LogP contribution < -0.4 is 5.32 Å². The number of fused-ring (bicyclic) bond motifs is 1. The van der Waals surface area contributed by atoms with Crippen LogP contribution in [0.1, 0.15) is 17.5 Å². The second kappa shape index (κ2) is 8.88. The number of amides is 1. The van der Waals surface area contributed by atoms with Crippen molar-refractivity contribution in [1.29, 1.82) is 0 Å². The van der Waals surface area contributed by atoms with Gasteiger partial charge in [-0.2, -0.15) is 0 Å². The number of aliphatic imine (C=N–C) groups is 2. The first-order chi connectivity index (χ1) is 14.2. The van der Waals surface area contributed by atoms with Crippen LogP contribution in [0.15, 0.2) is 88.8 Å². The average molecular weight is 400 g/mol. The summed E-state index contributed by atoms with van der Waals surface area (Å²) in [6.07, 6.45) is 0.598. The zero-order valence-corrected chi connectivity index (χ0v) is 16.9. The highest BCUT2D eigenvalue weighted by Gasteiger charge is 2.16. The van der Waals surface area contributed by atoms with E-state index in [1.165, 1.54) is 11.8 Å². The number of carbonyl (C=O) groups is 1. The summed E-state index contributed by atoms with van der Waals surface area (Å²) in [6.45, 7) is 1.98. The summed E-state index contributed by atoms with van der Waals surface area (Å²) in [5, 5.41) is 3.87. The number of nitrogens with zero attached hydrogens (tertiary/aromatic N) is 2. The number of rotatable bonds is 4. The largest absolute Gasteiger partial charge is 0.325 e. The van der Waals surface area contributed by atoms with Crippen LogP contribution in [0.2, 0.25) is 0 Å². The Labute approximate surface area is 174 Å². The van der Waals surface area contributed by atoms with Gasteiger partial charge in [0.05, 0.1) is 27.9 Å². The van der Waals surface area contributed by atoms with Crippen LogP contribution in [0, 0.1) is 6.92 Å². The molecule has 1 amide bonds. The van der Waals surface area contributed by atoms with Crippen molar-refractivity contribution in [2.45, 2.75) is 13.3 Å². The number of aryl methyl sites for hydroxylation is 1. The van der Waals surface area contributed by atoms with Gasteiger partial charge in [0.15, 0.2) is 0 Å². The Balaban J connectivity index is 1.52. The monoisotopic (exact) mass is 399 g/mol. The molecule has 144 valence electrons. The molecule has 29 heavy (non-hydrogen) atoms. The van der Waals surface area contributed by atoms with Crippen LogP contribution in [0.4, 0.5) is 17.1 Å². The third kappa shape index (κ3) is 4.81. The molecule has 4 rings (SSSR count). The summed E-state index contributed by atoms with van der Waals surface area (Å²) >= 11 is 1.46. The molecule has 1 aliphatic rings. The van der Waals surface area contributed by atoms with E-state index in [1.54, 1.807) is 0 Å². The Morgan fingerprint density at radius 1 is 0.897 bits per heavy atom. The van der Waals surface area contributed by atoms with Crippen molar-refractivity contribution in [1.82, 2.24) is 0 Å². The first-order valence-corrected chi connectivity index (χ1v) is 10.5. The number of benzene rings is 3. The fourth-order valence-corrected chi connectivity index (χ4v) is 3.86. The molecule has 0 spiro atoms. The topological polar surface area (TPSA) is 53.8 Å². The Bertz CT molecular complexity index is 1090. The minimum Gasteiger partial charge on any atom is -0.325 e. The molecule has 0 fully saturated rings. The van der Waals surface area contributed by atoms with Crippen LogP contribution in [0.3, 0.4) is 0 Å². The number of carbonyl (C=O) groups excluding carboxylic acids is 1. The van der Waals surface area contributed by atoms with Gasteiger partial charge in [0.1, 0.15) is 0 Å². The fraction of sp³-hybridized carbons (Fsp3) is 0.125. The van der Waals surface area contributed by atoms with E-state index in [2.05, 4.69) is 17.4 Å². The molecule has 0 saturated heterocycles. The van der Waals surface area contributed by atoms with Gasteiger partial charge in [0.2, 0.25) is 5.91 Å². The van der Waals surface area contributed by atoms with E-state index in [9.17, 15) is 4.79 Å². The number of hydrogen-bond donors (Lipinski definition) is 1. The molecule has 0 saturated carbocycles. The minimum atomic E-state index is -0.0391. The third-order valence-electron chi connectivity index (χ3n) is 4.60. The Kier molecular flexibility index (Phi) is 5.86. The molecule has 1 aliphatic heterocycles. The van der Waals surface area contributed by atoms with Gasteiger partial charge in [0, 0.05) is 12.1 Å². The summed E-state index contributed by atoms with van der Waals surface area (Å²) in [5.41, 5.74) is 5.61. The molecule has 1 N–H and O–H groups in total. The lowest BCUT2D eigenvalue weighted by atomic mass is 10.1. The van der Waals surface area contributed by atoms with Crippen LogP contribution in [-0.2, 0) is 4.79 Å². The summed E-state index contributed by atoms with van der Waals surface area (Å²) in [7, 11) is 0. The van der Waals surface area contributed by atoms with Gasteiger partial charge in [-0.15, -0.1) is 11.8 Å². The molecule has 5 heteroatoms. The van der Waals surface area contributed by atoms with Gasteiger partial charge in [-0.3, -0.25) is 9.79 Å². The molecule has 3 aromatic rings. The molecule has 0 atom stereocenters. The van der Waals surface area contributed by atoms with E-state index < -0.39 is 0 Å². The molecule has 0 aliphatic carbocycles. The lowest BCUT2D eigenvalue weighted by molar-refractivity contribution is -0.113. The van der Waals surface area contributed by atoms with Gasteiger partial charge in [-0.05, 0) is 36.2 Å². The summed E-state index contributed by atoms with van der Waals surface area (Å²) in [6, 6.07) is 25.8. The molecular formula is C24H21N3OS. The fourth-order valence-electron chi connectivity index (χ4n) is 3.08. The second-order valence-electron chi connectivity index (χ2n) is 6.75. The third-order valence-corrected chi connectivity index (χ3v) is 5.57. The van der Waals surface area contributed by atoms with E-state index >= 15 is 0 Å². The zero-order chi connectivity index (χ0) is 20.1. The van der Waals surface area contributed by atoms with Gasteiger partial charge in [-0.1, -0.05) is 60.7 Å². The van der Waals surface area contributed by atoms with E-state index in [1.807, 2.05) is 73.7 Å². The van der Waals surface area contributed by atoms with E-state index in [-0.39, 0.29) is 5.91 Å². The Morgan fingerprint density at radius 3 is 2.31 bits per heavy atom. The maximum Gasteiger partial charge on any atom is 0.234 e. The number of anilines is 1. The Hall–Kier alpha value is -3.18. The lowest BCUT2D eigenvalue weighted by Crippen LogP contribution is -2.16. The number of hydrogen-bond acceptors (Lipinski definition) is 4. The van der Waals surface area contributed by atoms with E-state index in [0.717, 1.165) is 38.9 Å². The molecule has 1 heterocycles. The number of para-hydroxylation sites is 3. The van der Waals surface area contributed by atoms with Gasteiger partial charge >= 0.3 is 0 Å². The van der Waals surface area contributed by atoms with Gasteiger partial charge in [-0.25, -0.2) is 4.99 Å². The number of thioether (sulfide) groups is 1. The van der Waals surface area contributed by atoms with Gasteiger partial charge < -0.3 is 5.32 Å². The van der Waals surface area contributed by atoms with E-state index in [0.29, 0.717) is 12.2 Å². The first kappa shape index (κ1) is 19.2. The predicted molar refractivity (Wildman–Crippen MR) is 123 cm³/mol. The van der Waals surface area contributed by atoms with Crippen molar-refractivity contribution < 1.29 is 4.79 Å². The van der Waals surface area contributed by atoms with Crippen LogP contribution >= 0.6 is 11.8 Å². The highest BCUT2D eigenvalue weighted by Crippen LogP contribution is 2.33. The van der Waals surface area contributed by atoms with Crippen molar-refractivity contribution >= 4 is 45.5 Å². The zero-order valence-electron chi connectivity index (χ0n) is 16.1. The van der Waals surface area contributed by atoms with Crippen molar-refractivity contribution in [3.05, 3.63) is 90.0 Å². The molecule has 0 radical (unpaired) electrons.